The molecule has 1 unspecified atom stereocenters. The molecule has 1 saturated carbocycles. The fourth-order valence-electron chi connectivity index (χ4n) is 2.98. The molecule has 2 aromatic heterocycles. The van der Waals surface area contributed by atoms with E-state index in [1.54, 1.807) is 16.2 Å². The number of thiophene rings is 1. The summed E-state index contributed by atoms with van der Waals surface area (Å²) in [6.07, 6.45) is 2.10. The molecule has 2 fully saturated rings. The van der Waals surface area contributed by atoms with Crippen molar-refractivity contribution in [3.8, 4) is 0 Å². The van der Waals surface area contributed by atoms with Crippen LogP contribution in [0.3, 0.4) is 0 Å². The van der Waals surface area contributed by atoms with Crippen LogP contribution in [0.5, 0.6) is 0 Å². The number of amides is 1. The predicted octanol–water partition coefficient (Wildman–Crippen LogP) is 2.53. The number of hydrogen-bond donors (Lipinski definition) is 1. The Morgan fingerprint density at radius 3 is 2.96 bits per heavy atom. The van der Waals surface area contributed by atoms with Crippen LogP contribution in [0, 0.1) is 0 Å². The summed E-state index contributed by atoms with van der Waals surface area (Å²) in [7, 11) is 0. The van der Waals surface area contributed by atoms with Crippen molar-refractivity contribution in [2.45, 2.75) is 24.9 Å². The molecule has 1 atom stereocenters. The van der Waals surface area contributed by atoms with Crippen LogP contribution in [-0.2, 0) is 4.74 Å². The first-order valence-corrected chi connectivity index (χ1v) is 8.82. The minimum absolute atomic E-state index is 0.0798. The van der Waals surface area contributed by atoms with Crippen molar-refractivity contribution >= 4 is 17.2 Å². The molecule has 3 heterocycles. The standard InChI is InChI=1S/C17H18N2O3S/c20-16-8-13(7-14(18-16)11-1-2-11)17(21)19-4-5-22-15(9-19)12-3-6-23-10-12/h3,6-8,10-11,15H,1-2,4-5,9H2,(H,18,20). The third kappa shape index (κ3) is 3.09. The van der Waals surface area contributed by atoms with Crippen molar-refractivity contribution in [1.82, 2.24) is 9.88 Å². The van der Waals surface area contributed by atoms with E-state index in [9.17, 15) is 9.59 Å². The number of carbonyl (C=O) groups excluding carboxylic acids is 1. The number of H-pyrrole nitrogens is 1. The van der Waals surface area contributed by atoms with Gasteiger partial charge in [0.25, 0.3) is 5.91 Å². The second kappa shape index (κ2) is 5.94. The van der Waals surface area contributed by atoms with Crippen LogP contribution in [0.15, 0.2) is 33.8 Å². The first-order chi connectivity index (χ1) is 11.2. The van der Waals surface area contributed by atoms with Crippen molar-refractivity contribution < 1.29 is 9.53 Å². The predicted molar refractivity (Wildman–Crippen MR) is 88.0 cm³/mol. The molecule has 5 nitrogen and oxygen atoms in total. The SMILES string of the molecule is O=C(c1cc(C2CC2)[nH]c(=O)c1)N1CCOC(c2ccsc2)C1. The fraction of sp³-hybridized carbons (Fsp3) is 0.412. The zero-order chi connectivity index (χ0) is 15.8. The Kier molecular flexibility index (Phi) is 3.79. The van der Waals surface area contributed by atoms with E-state index in [0.717, 1.165) is 24.1 Å². The van der Waals surface area contributed by atoms with E-state index < -0.39 is 0 Å². The van der Waals surface area contributed by atoms with Crippen LogP contribution in [0.1, 0.15) is 46.5 Å². The Labute approximate surface area is 137 Å². The van der Waals surface area contributed by atoms with Crippen molar-refractivity contribution in [2.24, 2.45) is 0 Å². The minimum atomic E-state index is -0.194. The van der Waals surface area contributed by atoms with E-state index in [1.807, 2.05) is 17.5 Å². The number of pyridine rings is 1. The number of carbonyl (C=O) groups is 1. The van der Waals surface area contributed by atoms with Gasteiger partial charge in [0.2, 0.25) is 5.56 Å². The van der Waals surface area contributed by atoms with Gasteiger partial charge in [0.15, 0.2) is 0 Å². The van der Waals surface area contributed by atoms with Gasteiger partial charge in [0.1, 0.15) is 6.10 Å². The average Bonchev–Trinajstić information content (AvgIpc) is 3.28. The summed E-state index contributed by atoms with van der Waals surface area (Å²) in [6.45, 7) is 1.61. The van der Waals surface area contributed by atoms with E-state index in [1.165, 1.54) is 6.07 Å². The summed E-state index contributed by atoms with van der Waals surface area (Å²) in [5.41, 5.74) is 2.29. The maximum Gasteiger partial charge on any atom is 0.254 e. The zero-order valence-corrected chi connectivity index (χ0v) is 13.5. The van der Waals surface area contributed by atoms with Gasteiger partial charge in [-0.1, -0.05) is 0 Å². The third-order valence-corrected chi connectivity index (χ3v) is 5.10. The van der Waals surface area contributed by atoms with Crippen molar-refractivity contribution in [1.29, 1.82) is 0 Å². The molecule has 2 aliphatic rings. The summed E-state index contributed by atoms with van der Waals surface area (Å²) >= 11 is 1.62. The molecule has 0 aromatic carbocycles. The summed E-state index contributed by atoms with van der Waals surface area (Å²) < 4.78 is 5.78. The highest BCUT2D eigenvalue weighted by Gasteiger charge is 2.29. The molecule has 1 aliphatic heterocycles. The van der Waals surface area contributed by atoms with Gasteiger partial charge < -0.3 is 14.6 Å². The fourth-order valence-corrected chi connectivity index (χ4v) is 3.68. The highest BCUT2D eigenvalue weighted by atomic mass is 32.1. The Bertz CT molecular complexity index is 764. The molecule has 0 bridgehead atoms. The van der Waals surface area contributed by atoms with E-state index in [4.69, 9.17) is 4.74 Å². The largest absolute Gasteiger partial charge is 0.370 e. The van der Waals surface area contributed by atoms with E-state index in [2.05, 4.69) is 10.4 Å². The monoisotopic (exact) mass is 330 g/mol. The molecule has 0 spiro atoms. The Morgan fingerprint density at radius 1 is 1.35 bits per heavy atom. The lowest BCUT2D eigenvalue weighted by Gasteiger charge is -2.32. The highest BCUT2D eigenvalue weighted by Crippen LogP contribution is 2.38. The molecular weight excluding hydrogens is 312 g/mol. The van der Waals surface area contributed by atoms with Crippen LogP contribution in [0.2, 0.25) is 0 Å². The number of nitrogens with one attached hydrogen (secondary N) is 1. The van der Waals surface area contributed by atoms with Crippen molar-refractivity contribution in [3.63, 3.8) is 0 Å². The maximum absolute atomic E-state index is 12.8. The van der Waals surface area contributed by atoms with Gasteiger partial charge >= 0.3 is 0 Å². The molecule has 23 heavy (non-hydrogen) atoms. The maximum atomic E-state index is 12.8. The molecule has 1 saturated heterocycles. The number of aromatic nitrogens is 1. The number of nitrogens with zero attached hydrogens (tertiary/aromatic N) is 1. The average molecular weight is 330 g/mol. The minimum Gasteiger partial charge on any atom is -0.370 e. The van der Waals surface area contributed by atoms with Crippen molar-refractivity contribution in [2.75, 3.05) is 19.7 Å². The molecule has 120 valence electrons. The first kappa shape index (κ1) is 14.7. The lowest BCUT2D eigenvalue weighted by atomic mass is 10.1. The Hall–Kier alpha value is -1.92. The van der Waals surface area contributed by atoms with E-state index in [0.29, 0.717) is 31.2 Å². The van der Waals surface area contributed by atoms with Crippen LogP contribution in [-0.4, -0.2) is 35.5 Å². The number of rotatable bonds is 3. The number of aromatic amines is 1. The van der Waals surface area contributed by atoms with Gasteiger partial charge in [0.05, 0.1) is 13.2 Å². The topological polar surface area (TPSA) is 62.4 Å². The van der Waals surface area contributed by atoms with Crippen LogP contribution >= 0.6 is 11.3 Å². The second-order valence-corrected chi connectivity index (χ2v) is 6.91. The molecule has 1 amide bonds. The van der Waals surface area contributed by atoms with Crippen LogP contribution < -0.4 is 5.56 Å². The lowest BCUT2D eigenvalue weighted by molar-refractivity contribution is -0.0226. The zero-order valence-electron chi connectivity index (χ0n) is 12.7. The number of morpholine rings is 1. The van der Waals surface area contributed by atoms with Crippen LogP contribution in [0.4, 0.5) is 0 Å². The van der Waals surface area contributed by atoms with Gasteiger partial charge in [-0.2, -0.15) is 11.3 Å². The molecule has 1 aliphatic carbocycles. The summed E-state index contributed by atoms with van der Waals surface area (Å²) in [5.74, 6) is 0.334. The van der Waals surface area contributed by atoms with Gasteiger partial charge in [0, 0.05) is 23.9 Å². The molecule has 0 radical (unpaired) electrons. The van der Waals surface area contributed by atoms with Crippen LogP contribution in [0.25, 0.3) is 0 Å². The summed E-state index contributed by atoms with van der Waals surface area (Å²) in [6, 6.07) is 5.28. The van der Waals surface area contributed by atoms with E-state index in [-0.39, 0.29) is 17.6 Å². The second-order valence-electron chi connectivity index (χ2n) is 6.13. The summed E-state index contributed by atoms with van der Waals surface area (Å²) in [5, 5.41) is 4.06. The number of hydrogen-bond acceptors (Lipinski definition) is 4. The first-order valence-electron chi connectivity index (χ1n) is 7.88. The lowest BCUT2D eigenvalue weighted by Crippen LogP contribution is -2.42. The number of ether oxygens (including phenoxy) is 1. The molecule has 2 aromatic rings. The molecule has 1 N–H and O–H groups in total. The van der Waals surface area contributed by atoms with Gasteiger partial charge in [-0.3, -0.25) is 9.59 Å². The third-order valence-electron chi connectivity index (χ3n) is 4.40. The highest BCUT2D eigenvalue weighted by molar-refractivity contribution is 7.07. The molecule has 6 heteroatoms. The van der Waals surface area contributed by atoms with Gasteiger partial charge in [-0.25, -0.2) is 0 Å². The Balaban J connectivity index is 1.55. The normalized spacial score (nSPS) is 21.4. The quantitative estimate of drug-likeness (QED) is 0.941. The molecule has 4 rings (SSSR count). The van der Waals surface area contributed by atoms with Gasteiger partial charge in [-0.15, -0.1) is 0 Å². The summed E-state index contributed by atoms with van der Waals surface area (Å²) in [4.78, 5) is 29.3. The van der Waals surface area contributed by atoms with E-state index >= 15 is 0 Å². The Morgan fingerprint density at radius 2 is 2.22 bits per heavy atom. The van der Waals surface area contributed by atoms with Gasteiger partial charge in [-0.05, 0) is 47.2 Å². The smallest absolute Gasteiger partial charge is 0.254 e. The van der Waals surface area contributed by atoms with Crippen molar-refractivity contribution in [3.05, 3.63) is 56.1 Å². The molecular formula is C17H18N2O3S.